The largest absolute Gasteiger partial charge is 0.494 e. The third kappa shape index (κ3) is 4.96. The second-order valence-electron chi connectivity index (χ2n) is 8.05. The van der Waals surface area contributed by atoms with Gasteiger partial charge >= 0.3 is 0 Å². The zero-order chi connectivity index (χ0) is 21.8. The number of thiazole rings is 1. The molecule has 1 aromatic carbocycles. The molecule has 0 saturated carbocycles. The van der Waals surface area contributed by atoms with Crippen LogP contribution in [0.4, 0.5) is 0 Å². The fourth-order valence-electron chi connectivity index (χ4n) is 4.22. The number of likely N-dealkylation sites (tertiary alicyclic amines) is 1. The number of rotatable bonds is 6. The molecule has 4 rings (SSSR count). The Labute approximate surface area is 188 Å². The van der Waals surface area contributed by atoms with Gasteiger partial charge in [-0.2, -0.15) is 0 Å². The molecule has 0 bridgehead atoms. The Morgan fingerprint density at radius 1 is 1.23 bits per heavy atom. The predicted octanol–water partition coefficient (Wildman–Crippen LogP) is 5.16. The number of carbonyl (C=O) groups is 1. The highest BCUT2D eigenvalue weighted by atomic mass is 32.1. The third-order valence-electron chi connectivity index (χ3n) is 5.74. The van der Waals surface area contributed by atoms with E-state index >= 15 is 0 Å². The van der Waals surface area contributed by atoms with Gasteiger partial charge in [0.05, 0.1) is 17.3 Å². The number of pyridine rings is 1. The summed E-state index contributed by atoms with van der Waals surface area (Å²) < 4.78 is 5.75. The van der Waals surface area contributed by atoms with Gasteiger partial charge < -0.3 is 9.64 Å². The highest BCUT2D eigenvalue weighted by molar-refractivity contribution is 7.13. The number of amides is 1. The van der Waals surface area contributed by atoms with Crippen molar-refractivity contribution in [3.63, 3.8) is 0 Å². The van der Waals surface area contributed by atoms with E-state index in [0.29, 0.717) is 6.61 Å². The molecule has 162 valence electrons. The van der Waals surface area contributed by atoms with E-state index in [4.69, 9.17) is 9.72 Å². The summed E-state index contributed by atoms with van der Waals surface area (Å²) in [6, 6.07) is 12.4. The lowest BCUT2D eigenvalue weighted by Gasteiger charge is -2.32. The van der Waals surface area contributed by atoms with Crippen LogP contribution in [0.5, 0.6) is 5.75 Å². The summed E-state index contributed by atoms with van der Waals surface area (Å²) in [5.74, 6) is 1.32. The van der Waals surface area contributed by atoms with Crippen molar-refractivity contribution in [3.8, 4) is 5.75 Å². The number of hydrogen-bond acceptors (Lipinski definition) is 5. The number of benzene rings is 1. The summed E-state index contributed by atoms with van der Waals surface area (Å²) in [6.07, 6.45) is 4.82. The lowest BCUT2D eigenvalue weighted by atomic mass is 9.93. The zero-order valence-electron chi connectivity index (χ0n) is 18.4. The molecule has 1 amide bonds. The number of aryl methyl sites for hydroxylation is 2. The van der Waals surface area contributed by atoms with E-state index < -0.39 is 0 Å². The number of hydrogen-bond donors (Lipinski definition) is 0. The number of ether oxygens (including phenoxy) is 1. The van der Waals surface area contributed by atoms with E-state index in [0.717, 1.165) is 64.9 Å². The van der Waals surface area contributed by atoms with E-state index in [2.05, 4.69) is 23.2 Å². The van der Waals surface area contributed by atoms with Gasteiger partial charge in [-0.25, -0.2) is 4.98 Å². The van der Waals surface area contributed by atoms with Gasteiger partial charge in [0.15, 0.2) is 0 Å². The topological polar surface area (TPSA) is 55.3 Å². The first kappa shape index (κ1) is 21.5. The number of nitrogens with zero attached hydrogens (tertiary/aromatic N) is 3. The molecule has 1 saturated heterocycles. The van der Waals surface area contributed by atoms with Crippen LogP contribution < -0.4 is 4.74 Å². The lowest BCUT2D eigenvalue weighted by molar-refractivity contribution is 0.0710. The second kappa shape index (κ2) is 9.60. The van der Waals surface area contributed by atoms with Crippen LogP contribution in [0.25, 0.3) is 0 Å². The first-order valence-corrected chi connectivity index (χ1v) is 11.8. The first-order valence-electron chi connectivity index (χ1n) is 10.9. The SMILES string of the molecule is CCOc1ccccc1Cc1ccc([C@@H]2CCCN(C(=O)c3sc(C)nc3C)C2)nc1. The van der Waals surface area contributed by atoms with Crippen LogP contribution in [0, 0.1) is 13.8 Å². The fraction of sp³-hybridized carbons (Fsp3) is 0.400. The summed E-state index contributed by atoms with van der Waals surface area (Å²) in [5, 5.41) is 0.942. The van der Waals surface area contributed by atoms with Crippen LogP contribution in [0.3, 0.4) is 0 Å². The Kier molecular flexibility index (Phi) is 6.66. The molecule has 2 aromatic heterocycles. The fourth-order valence-corrected chi connectivity index (χ4v) is 5.11. The first-order chi connectivity index (χ1) is 15.0. The number of carbonyl (C=O) groups excluding carboxylic acids is 1. The summed E-state index contributed by atoms with van der Waals surface area (Å²) in [6.45, 7) is 8.05. The molecule has 1 aliphatic heterocycles. The van der Waals surface area contributed by atoms with Gasteiger partial charge in [0.2, 0.25) is 0 Å². The highest BCUT2D eigenvalue weighted by Crippen LogP contribution is 2.29. The van der Waals surface area contributed by atoms with Crippen LogP contribution >= 0.6 is 11.3 Å². The third-order valence-corrected chi connectivity index (χ3v) is 6.80. The summed E-state index contributed by atoms with van der Waals surface area (Å²) in [7, 11) is 0. The molecular weight excluding hydrogens is 406 g/mol. The molecule has 5 nitrogen and oxygen atoms in total. The maximum absolute atomic E-state index is 13.0. The molecular formula is C25H29N3O2S. The van der Waals surface area contributed by atoms with Crippen molar-refractivity contribution >= 4 is 17.2 Å². The van der Waals surface area contributed by atoms with Crippen LogP contribution in [-0.2, 0) is 6.42 Å². The Balaban J connectivity index is 1.44. The van der Waals surface area contributed by atoms with Crippen LogP contribution in [0.1, 0.15) is 62.9 Å². The average Bonchev–Trinajstić information content (AvgIpc) is 3.13. The Bertz CT molecular complexity index is 1050. The standard InChI is InChI=1S/C25H29N3O2S/c1-4-30-23-10-6-5-8-20(23)14-19-11-12-22(26-15-19)21-9-7-13-28(16-21)25(29)24-17(2)27-18(3)31-24/h5-6,8,10-12,15,21H,4,7,9,13-14,16H2,1-3H3/t21-/m1/s1. The molecule has 3 heterocycles. The van der Waals surface area contributed by atoms with Crippen LogP contribution in [0.15, 0.2) is 42.6 Å². The van der Waals surface area contributed by atoms with Crippen molar-refractivity contribution in [2.45, 2.75) is 46.0 Å². The Morgan fingerprint density at radius 3 is 2.77 bits per heavy atom. The van der Waals surface area contributed by atoms with Gasteiger partial charge in [0, 0.05) is 37.3 Å². The van der Waals surface area contributed by atoms with Crippen molar-refractivity contribution in [3.05, 3.63) is 75.0 Å². The van der Waals surface area contributed by atoms with Crippen LogP contribution in [-0.4, -0.2) is 40.5 Å². The Morgan fingerprint density at radius 2 is 2.06 bits per heavy atom. The molecule has 0 aliphatic carbocycles. The van der Waals surface area contributed by atoms with Gasteiger partial charge in [-0.1, -0.05) is 24.3 Å². The minimum absolute atomic E-state index is 0.108. The van der Waals surface area contributed by atoms with Crippen molar-refractivity contribution in [1.82, 2.24) is 14.9 Å². The lowest BCUT2D eigenvalue weighted by Crippen LogP contribution is -2.39. The van der Waals surface area contributed by atoms with Crippen molar-refractivity contribution in [2.24, 2.45) is 0 Å². The normalized spacial score (nSPS) is 16.4. The maximum Gasteiger partial charge on any atom is 0.265 e. The smallest absolute Gasteiger partial charge is 0.265 e. The van der Waals surface area contributed by atoms with Gasteiger partial charge in [0.25, 0.3) is 5.91 Å². The molecule has 1 aliphatic rings. The van der Waals surface area contributed by atoms with E-state index in [1.165, 1.54) is 16.9 Å². The summed E-state index contributed by atoms with van der Waals surface area (Å²) in [5.41, 5.74) is 4.24. The number of para-hydroxylation sites is 1. The van der Waals surface area contributed by atoms with Crippen molar-refractivity contribution in [2.75, 3.05) is 19.7 Å². The van der Waals surface area contributed by atoms with Gasteiger partial charge in [-0.05, 0) is 56.9 Å². The van der Waals surface area contributed by atoms with Crippen molar-refractivity contribution in [1.29, 1.82) is 0 Å². The Hall–Kier alpha value is -2.73. The molecule has 0 spiro atoms. The molecule has 0 radical (unpaired) electrons. The van der Waals surface area contributed by atoms with Crippen LogP contribution in [0.2, 0.25) is 0 Å². The van der Waals surface area contributed by atoms with E-state index in [1.54, 1.807) is 0 Å². The molecule has 0 N–H and O–H groups in total. The van der Waals surface area contributed by atoms with Gasteiger partial charge in [-0.15, -0.1) is 11.3 Å². The zero-order valence-corrected chi connectivity index (χ0v) is 19.2. The molecule has 1 atom stereocenters. The van der Waals surface area contributed by atoms with E-state index in [1.807, 2.05) is 50.1 Å². The summed E-state index contributed by atoms with van der Waals surface area (Å²) >= 11 is 1.49. The monoisotopic (exact) mass is 435 g/mol. The van der Waals surface area contributed by atoms with Gasteiger partial charge in [-0.3, -0.25) is 9.78 Å². The molecule has 0 unspecified atom stereocenters. The number of piperidine rings is 1. The minimum Gasteiger partial charge on any atom is -0.494 e. The highest BCUT2D eigenvalue weighted by Gasteiger charge is 2.28. The molecule has 3 aromatic rings. The van der Waals surface area contributed by atoms with E-state index in [9.17, 15) is 4.79 Å². The second-order valence-corrected chi connectivity index (χ2v) is 9.25. The molecule has 6 heteroatoms. The molecule has 31 heavy (non-hydrogen) atoms. The predicted molar refractivity (Wildman–Crippen MR) is 124 cm³/mol. The summed E-state index contributed by atoms with van der Waals surface area (Å²) in [4.78, 5) is 25.0. The van der Waals surface area contributed by atoms with Crippen molar-refractivity contribution < 1.29 is 9.53 Å². The molecule has 1 fully saturated rings. The maximum atomic E-state index is 13.0. The van der Waals surface area contributed by atoms with Gasteiger partial charge in [0.1, 0.15) is 10.6 Å². The van der Waals surface area contributed by atoms with E-state index in [-0.39, 0.29) is 11.8 Å². The quantitative estimate of drug-likeness (QED) is 0.536. The average molecular weight is 436 g/mol. The number of aromatic nitrogens is 2. The minimum atomic E-state index is 0.108.